The maximum atomic E-state index is 3.46. The van der Waals surface area contributed by atoms with E-state index in [1.54, 1.807) is 0 Å². The summed E-state index contributed by atoms with van der Waals surface area (Å²) in [6, 6.07) is 19.4. The number of rotatable bonds is 4. The third kappa shape index (κ3) is 3.71. The first kappa shape index (κ1) is 12.4. The Morgan fingerprint density at radius 2 is 1.59 bits per heavy atom. The van der Waals surface area contributed by atoms with Crippen LogP contribution in [0.3, 0.4) is 0 Å². The van der Waals surface area contributed by atoms with Crippen molar-refractivity contribution in [1.82, 2.24) is 0 Å². The Morgan fingerprint density at radius 1 is 0.941 bits per heavy atom. The fourth-order valence-electron chi connectivity index (χ4n) is 1.98. The van der Waals surface area contributed by atoms with Crippen LogP contribution in [-0.4, -0.2) is 0 Å². The molecule has 2 rings (SSSR count). The average molecular weight is 289 g/mol. The van der Waals surface area contributed by atoms with Gasteiger partial charge < -0.3 is 0 Å². The average Bonchev–Trinajstić information content (AvgIpc) is 2.39. The SMILES string of the molecule is C[C@@H](CCc1ccc(Br)cc1)c1ccccc1. The zero-order valence-electron chi connectivity index (χ0n) is 10.1. The molecule has 2 aromatic carbocycles. The molecule has 0 bridgehead atoms. The van der Waals surface area contributed by atoms with Crippen molar-refractivity contribution in [3.63, 3.8) is 0 Å². The lowest BCUT2D eigenvalue weighted by Crippen LogP contribution is -1.96. The molecule has 0 aliphatic heterocycles. The molecule has 0 radical (unpaired) electrons. The van der Waals surface area contributed by atoms with Gasteiger partial charge in [-0.05, 0) is 42.0 Å². The van der Waals surface area contributed by atoms with Gasteiger partial charge in [-0.15, -0.1) is 0 Å². The van der Waals surface area contributed by atoms with Gasteiger partial charge in [0.05, 0.1) is 0 Å². The minimum atomic E-state index is 0.625. The van der Waals surface area contributed by atoms with Crippen molar-refractivity contribution in [2.45, 2.75) is 25.7 Å². The normalized spacial score (nSPS) is 12.4. The molecule has 0 unspecified atom stereocenters. The van der Waals surface area contributed by atoms with Crippen molar-refractivity contribution >= 4 is 15.9 Å². The summed E-state index contributed by atoms with van der Waals surface area (Å²) in [6.07, 6.45) is 2.34. The number of halogens is 1. The van der Waals surface area contributed by atoms with Gasteiger partial charge >= 0.3 is 0 Å². The molecule has 1 heteroatoms. The second-order valence-electron chi connectivity index (χ2n) is 4.48. The highest BCUT2D eigenvalue weighted by Gasteiger charge is 2.04. The predicted molar refractivity (Wildman–Crippen MR) is 77.3 cm³/mol. The van der Waals surface area contributed by atoms with Crippen molar-refractivity contribution in [3.05, 3.63) is 70.2 Å². The van der Waals surface area contributed by atoms with Gasteiger partial charge in [0.25, 0.3) is 0 Å². The van der Waals surface area contributed by atoms with Gasteiger partial charge in [0.2, 0.25) is 0 Å². The van der Waals surface area contributed by atoms with Crippen LogP contribution in [0.1, 0.15) is 30.4 Å². The van der Waals surface area contributed by atoms with Crippen LogP contribution >= 0.6 is 15.9 Å². The third-order valence-corrected chi connectivity index (χ3v) is 3.68. The van der Waals surface area contributed by atoms with Crippen LogP contribution in [0.2, 0.25) is 0 Å². The summed E-state index contributed by atoms with van der Waals surface area (Å²) in [7, 11) is 0. The van der Waals surface area contributed by atoms with E-state index in [0.29, 0.717) is 5.92 Å². The largest absolute Gasteiger partial charge is 0.0622 e. The Morgan fingerprint density at radius 3 is 2.24 bits per heavy atom. The van der Waals surface area contributed by atoms with Gasteiger partial charge in [-0.25, -0.2) is 0 Å². The van der Waals surface area contributed by atoms with E-state index in [-0.39, 0.29) is 0 Å². The smallest absolute Gasteiger partial charge is 0.0175 e. The zero-order chi connectivity index (χ0) is 12.1. The highest BCUT2D eigenvalue weighted by molar-refractivity contribution is 9.10. The van der Waals surface area contributed by atoms with E-state index in [0.717, 1.165) is 10.9 Å². The fourth-order valence-corrected chi connectivity index (χ4v) is 2.25. The third-order valence-electron chi connectivity index (χ3n) is 3.15. The zero-order valence-corrected chi connectivity index (χ0v) is 11.7. The second-order valence-corrected chi connectivity index (χ2v) is 5.39. The number of aryl methyl sites for hydroxylation is 1. The van der Waals surface area contributed by atoms with Crippen molar-refractivity contribution < 1.29 is 0 Å². The molecule has 88 valence electrons. The summed E-state index contributed by atoms with van der Waals surface area (Å²) >= 11 is 3.46. The van der Waals surface area contributed by atoms with Crippen LogP contribution in [-0.2, 0) is 6.42 Å². The van der Waals surface area contributed by atoms with E-state index in [1.807, 2.05) is 0 Å². The molecular formula is C16H17Br. The predicted octanol–water partition coefficient (Wildman–Crippen LogP) is 5.19. The Balaban J connectivity index is 1.92. The lowest BCUT2D eigenvalue weighted by molar-refractivity contribution is 0.679. The molecule has 0 aliphatic rings. The molecule has 17 heavy (non-hydrogen) atoms. The first-order valence-electron chi connectivity index (χ1n) is 6.05. The molecule has 0 nitrogen and oxygen atoms in total. The molecule has 1 atom stereocenters. The maximum absolute atomic E-state index is 3.46. The lowest BCUT2D eigenvalue weighted by Gasteiger charge is -2.11. The topological polar surface area (TPSA) is 0 Å². The molecule has 0 saturated heterocycles. The maximum Gasteiger partial charge on any atom is 0.0175 e. The first-order chi connectivity index (χ1) is 8.25. The molecule has 2 aromatic rings. The van der Waals surface area contributed by atoms with E-state index in [2.05, 4.69) is 77.5 Å². The van der Waals surface area contributed by atoms with Gasteiger partial charge in [-0.2, -0.15) is 0 Å². The molecule has 0 aromatic heterocycles. The Hall–Kier alpha value is -1.08. The number of hydrogen-bond donors (Lipinski definition) is 0. The monoisotopic (exact) mass is 288 g/mol. The molecule has 0 heterocycles. The van der Waals surface area contributed by atoms with Crippen molar-refractivity contribution in [1.29, 1.82) is 0 Å². The highest BCUT2D eigenvalue weighted by atomic mass is 79.9. The van der Waals surface area contributed by atoms with Crippen molar-refractivity contribution in [2.24, 2.45) is 0 Å². The fraction of sp³-hybridized carbons (Fsp3) is 0.250. The van der Waals surface area contributed by atoms with Crippen LogP contribution in [0.15, 0.2) is 59.1 Å². The van der Waals surface area contributed by atoms with Crippen LogP contribution in [0.4, 0.5) is 0 Å². The van der Waals surface area contributed by atoms with E-state index in [9.17, 15) is 0 Å². The Labute approximate surface area is 112 Å². The highest BCUT2D eigenvalue weighted by Crippen LogP contribution is 2.21. The van der Waals surface area contributed by atoms with E-state index in [4.69, 9.17) is 0 Å². The summed E-state index contributed by atoms with van der Waals surface area (Å²) in [5.74, 6) is 0.625. The summed E-state index contributed by atoms with van der Waals surface area (Å²) in [4.78, 5) is 0. The first-order valence-corrected chi connectivity index (χ1v) is 6.84. The van der Waals surface area contributed by atoms with Crippen molar-refractivity contribution in [3.8, 4) is 0 Å². The molecule has 0 saturated carbocycles. The minimum absolute atomic E-state index is 0.625. The summed E-state index contributed by atoms with van der Waals surface area (Å²) in [5.41, 5.74) is 2.85. The van der Waals surface area contributed by atoms with Crippen LogP contribution in [0, 0.1) is 0 Å². The molecule has 0 amide bonds. The second kappa shape index (κ2) is 6.02. The Kier molecular flexibility index (Phi) is 4.38. The number of benzene rings is 2. The van der Waals surface area contributed by atoms with Crippen molar-refractivity contribution in [2.75, 3.05) is 0 Å². The quantitative estimate of drug-likeness (QED) is 0.727. The number of hydrogen-bond acceptors (Lipinski definition) is 0. The molecule has 0 fully saturated rings. The van der Waals surface area contributed by atoms with Gasteiger partial charge in [0.15, 0.2) is 0 Å². The van der Waals surface area contributed by atoms with E-state index in [1.165, 1.54) is 17.5 Å². The summed E-state index contributed by atoms with van der Waals surface area (Å²) in [6.45, 7) is 2.30. The van der Waals surface area contributed by atoms with Gasteiger partial charge in [0.1, 0.15) is 0 Å². The minimum Gasteiger partial charge on any atom is -0.0622 e. The molecule has 0 aliphatic carbocycles. The van der Waals surface area contributed by atoms with E-state index >= 15 is 0 Å². The molecular weight excluding hydrogens is 272 g/mol. The lowest BCUT2D eigenvalue weighted by atomic mass is 9.94. The van der Waals surface area contributed by atoms with Crippen LogP contribution in [0.5, 0.6) is 0 Å². The van der Waals surface area contributed by atoms with Gasteiger partial charge in [-0.1, -0.05) is 65.3 Å². The summed E-state index contributed by atoms with van der Waals surface area (Å²) < 4.78 is 1.15. The van der Waals surface area contributed by atoms with Gasteiger partial charge in [-0.3, -0.25) is 0 Å². The summed E-state index contributed by atoms with van der Waals surface area (Å²) in [5, 5.41) is 0. The standard InChI is InChI=1S/C16H17Br/c1-13(15-5-3-2-4-6-15)7-8-14-9-11-16(17)12-10-14/h2-6,9-13H,7-8H2,1H3/t13-/m0/s1. The molecule has 0 N–H and O–H groups in total. The Bertz CT molecular complexity index is 445. The van der Waals surface area contributed by atoms with E-state index < -0.39 is 0 Å². The van der Waals surface area contributed by atoms with Crippen LogP contribution < -0.4 is 0 Å². The van der Waals surface area contributed by atoms with Gasteiger partial charge in [0, 0.05) is 4.47 Å². The molecule has 0 spiro atoms. The van der Waals surface area contributed by atoms with Crippen LogP contribution in [0.25, 0.3) is 0 Å².